The number of piperidine rings is 1. The van der Waals surface area contributed by atoms with Crippen LogP contribution < -0.4 is 20.4 Å². The zero-order valence-corrected chi connectivity index (χ0v) is 16.7. The molecule has 3 heterocycles. The van der Waals surface area contributed by atoms with Crippen molar-refractivity contribution in [3.05, 3.63) is 42.7 Å². The van der Waals surface area contributed by atoms with E-state index in [0.29, 0.717) is 0 Å². The van der Waals surface area contributed by atoms with E-state index in [4.69, 9.17) is 0 Å². The molecule has 0 unspecified atom stereocenters. The van der Waals surface area contributed by atoms with Gasteiger partial charge in [0.15, 0.2) is 0 Å². The van der Waals surface area contributed by atoms with Crippen molar-refractivity contribution in [1.82, 2.24) is 15.3 Å². The van der Waals surface area contributed by atoms with Gasteiger partial charge in [0.05, 0.1) is 0 Å². The summed E-state index contributed by atoms with van der Waals surface area (Å²) < 4.78 is 0. The van der Waals surface area contributed by atoms with Gasteiger partial charge in [0, 0.05) is 55.5 Å². The third-order valence-electron chi connectivity index (χ3n) is 5.16. The smallest absolute Gasteiger partial charge is 0.319 e. The fourth-order valence-electron chi connectivity index (χ4n) is 3.60. The number of carbonyl (C=O) groups is 1. The van der Waals surface area contributed by atoms with E-state index in [9.17, 15) is 4.79 Å². The standard InChI is InChI=1S/C20H26N6OS/c27-20(23-16-4-2-1-3-5-16)24-17-6-8-25(9-7-17)18-14-19(22-15-21-18)26-10-12-28-13-11-26/h1-5,14-15,17H,6-13H2,(H2,23,24,27). The highest BCUT2D eigenvalue weighted by Crippen LogP contribution is 2.23. The summed E-state index contributed by atoms with van der Waals surface area (Å²) in [6.07, 6.45) is 3.48. The molecule has 2 amide bonds. The van der Waals surface area contributed by atoms with Crippen LogP contribution >= 0.6 is 11.8 Å². The maximum Gasteiger partial charge on any atom is 0.319 e. The van der Waals surface area contributed by atoms with Crippen LogP contribution in [0.4, 0.5) is 22.1 Å². The van der Waals surface area contributed by atoms with Crippen LogP contribution in [0.3, 0.4) is 0 Å². The maximum absolute atomic E-state index is 12.2. The molecule has 0 radical (unpaired) electrons. The molecule has 8 heteroatoms. The highest BCUT2D eigenvalue weighted by molar-refractivity contribution is 7.99. The second-order valence-electron chi connectivity index (χ2n) is 7.06. The summed E-state index contributed by atoms with van der Waals surface area (Å²) in [4.78, 5) is 25.8. The number of hydrogen-bond acceptors (Lipinski definition) is 6. The number of para-hydroxylation sites is 1. The molecule has 7 nitrogen and oxygen atoms in total. The van der Waals surface area contributed by atoms with E-state index in [1.807, 2.05) is 42.1 Å². The van der Waals surface area contributed by atoms with Crippen molar-refractivity contribution in [2.75, 3.05) is 52.8 Å². The van der Waals surface area contributed by atoms with Gasteiger partial charge in [-0.25, -0.2) is 14.8 Å². The van der Waals surface area contributed by atoms with Crippen LogP contribution in [0.1, 0.15) is 12.8 Å². The Hall–Kier alpha value is -2.48. The van der Waals surface area contributed by atoms with E-state index < -0.39 is 0 Å². The van der Waals surface area contributed by atoms with Gasteiger partial charge < -0.3 is 20.4 Å². The Balaban J connectivity index is 1.28. The molecule has 4 rings (SSSR count). The largest absolute Gasteiger partial charge is 0.356 e. The van der Waals surface area contributed by atoms with Crippen molar-refractivity contribution in [3.63, 3.8) is 0 Å². The average molecular weight is 399 g/mol. The summed E-state index contributed by atoms with van der Waals surface area (Å²) in [6, 6.07) is 11.7. The number of thioether (sulfide) groups is 1. The van der Waals surface area contributed by atoms with Crippen LogP contribution in [0.2, 0.25) is 0 Å². The molecule has 2 N–H and O–H groups in total. The maximum atomic E-state index is 12.2. The van der Waals surface area contributed by atoms with Crippen molar-refractivity contribution >= 4 is 35.1 Å². The molecule has 0 aliphatic carbocycles. The molecule has 148 valence electrons. The Labute approximate surface area is 169 Å². The Kier molecular flexibility index (Phi) is 6.16. The molecule has 1 aromatic carbocycles. The van der Waals surface area contributed by atoms with E-state index in [2.05, 4.69) is 36.5 Å². The number of carbonyl (C=O) groups excluding carboxylic acids is 1. The molecule has 2 aliphatic heterocycles. The number of aromatic nitrogens is 2. The van der Waals surface area contributed by atoms with Gasteiger partial charge in [0.25, 0.3) is 0 Å². The summed E-state index contributed by atoms with van der Waals surface area (Å²) in [5, 5.41) is 5.97. The predicted molar refractivity (Wildman–Crippen MR) is 115 cm³/mol. The lowest BCUT2D eigenvalue weighted by atomic mass is 10.1. The van der Waals surface area contributed by atoms with E-state index >= 15 is 0 Å². The van der Waals surface area contributed by atoms with Crippen LogP contribution in [0.25, 0.3) is 0 Å². The molecule has 2 fully saturated rings. The quantitative estimate of drug-likeness (QED) is 0.825. The third-order valence-corrected chi connectivity index (χ3v) is 6.10. The number of urea groups is 1. The van der Waals surface area contributed by atoms with Crippen LogP contribution in [0.5, 0.6) is 0 Å². The first kappa shape index (κ1) is 18.9. The summed E-state index contributed by atoms with van der Waals surface area (Å²) in [7, 11) is 0. The molecule has 2 aliphatic rings. The van der Waals surface area contributed by atoms with Crippen LogP contribution in [-0.2, 0) is 0 Å². The number of nitrogens with one attached hydrogen (secondary N) is 2. The lowest BCUT2D eigenvalue weighted by Gasteiger charge is -2.34. The molecule has 2 saturated heterocycles. The molecular weight excluding hydrogens is 372 g/mol. The fraction of sp³-hybridized carbons (Fsp3) is 0.450. The lowest BCUT2D eigenvalue weighted by molar-refractivity contribution is 0.246. The van der Waals surface area contributed by atoms with Crippen molar-refractivity contribution in [3.8, 4) is 0 Å². The summed E-state index contributed by atoms with van der Waals surface area (Å²) in [6.45, 7) is 3.85. The SMILES string of the molecule is O=C(Nc1ccccc1)NC1CCN(c2cc(N3CCSCC3)ncn2)CC1. The predicted octanol–water partition coefficient (Wildman–Crippen LogP) is 2.82. The first-order valence-electron chi connectivity index (χ1n) is 9.80. The van der Waals surface area contributed by atoms with Gasteiger partial charge in [-0.15, -0.1) is 0 Å². The highest BCUT2D eigenvalue weighted by Gasteiger charge is 2.22. The van der Waals surface area contributed by atoms with Crippen molar-refractivity contribution in [2.24, 2.45) is 0 Å². The Morgan fingerprint density at radius 3 is 2.29 bits per heavy atom. The zero-order valence-electron chi connectivity index (χ0n) is 15.9. The van der Waals surface area contributed by atoms with Crippen LogP contribution in [0.15, 0.2) is 42.7 Å². The van der Waals surface area contributed by atoms with Gasteiger partial charge in [0.2, 0.25) is 0 Å². The second-order valence-corrected chi connectivity index (χ2v) is 8.28. The Morgan fingerprint density at radius 2 is 1.61 bits per heavy atom. The molecule has 0 atom stereocenters. The van der Waals surface area contributed by atoms with E-state index in [0.717, 1.165) is 67.8 Å². The van der Waals surface area contributed by atoms with Crippen molar-refractivity contribution in [2.45, 2.75) is 18.9 Å². The molecular formula is C20H26N6OS. The average Bonchev–Trinajstić information content (AvgIpc) is 2.76. The zero-order chi connectivity index (χ0) is 19.2. The lowest BCUT2D eigenvalue weighted by Crippen LogP contribution is -2.46. The van der Waals surface area contributed by atoms with Gasteiger partial charge in [-0.3, -0.25) is 0 Å². The van der Waals surface area contributed by atoms with Crippen LogP contribution in [-0.4, -0.2) is 59.7 Å². The Morgan fingerprint density at radius 1 is 0.964 bits per heavy atom. The number of anilines is 3. The summed E-state index contributed by atoms with van der Waals surface area (Å²) in [5.41, 5.74) is 0.807. The monoisotopic (exact) mass is 398 g/mol. The molecule has 0 saturated carbocycles. The van der Waals surface area contributed by atoms with Gasteiger partial charge >= 0.3 is 6.03 Å². The highest BCUT2D eigenvalue weighted by atomic mass is 32.2. The summed E-state index contributed by atoms with van der Waals surface area (Å²) >= 11 is 2.00. The first-order chi connectivity index (χ1) is 13.8. The van der Waals surface area contributed by atoms with E-state index in [-0.39, 0.29) is 12.1 Å². The second kappa shape index (κ2) is 9.14. The van der Waals surface area contributed by atoms with Crippen LogP contribution in [0, 0.1) is 0 Å². The van der Waals surface area contributed by atoms with Gasteiger partial charge in [0.1, 0.15) is 18.0 Å². The minimum atomic E-state index is -0.142. The first-order valence-corrected chi connectivity index (χ1v) is 11.0. The summed E-state index contributed by atoms with van der Waals surface area (Å²) in [5.74, 6) is 4.31. The molecule has 0 spiro atoms. The molecule has 1 aromatic heterocycles. The fourth-order valence-corrected chi connectivity index (χ4v) is 4.51. The number of benzene rings is 1. The minimum Gasteiger partial charge on any atom is -0.356 e. The topological polar surface area (TPSA) is 73.4 Å². The van der Waals surface area contributed by atoms with Crippen molar-refractivity contribution in [1.29, 1.82) is 0 Å². The van der Waals surface area contributed by atoms with Gasteiger partial charge in [-0.1, -0.05) is 18.2 Å². The molecule has 0 bridgehead atoms. The van der Waals surface area contributed by atoms with Gasteiger partial charge in [-0.2, -0.15) is 11.8 Å². The Bertz CT molecular complexity index is 775. The molecule has 2 aromatic rings. The molecule has 28 heavy (non-hydrogen) atoms. The number of hydrogen-bond donors (Lipinski definition) is 2. The minimum absolute atomic E-state index is 0.142. The van der Waals surface area contributed by atoms with Crippen molar-refractivity contribution < 1.29 is 4.79 Å². The third kappa shape index (κ3) is 4.86. The number of nitrogens with zero attached hydrogens (tertiary/aromatic N) is 4. The van der Waals surface area contributed by atoms with E-state index in [1.54, 1.807) is 6.33 Å². The number of amides is 2. The normalized spacial score (nSPS) is 18.0. The van der Waals surface area contributed by atoms with E-state index in [1.165, 1.54) is 0 Å². The number of rotatable bonds is 4. The van der Waals surface area contributed by atoms with Gasteiger partial charge in [-0.05, 0) is 25.0 Å².